The van der Waals surface area contributed by atoms with Gasteiger partial charge in [-0.3, -0.25) is 19.9 Å². The van der Waals surface area contributed by atoms with Gasteiger partial charge < -0.3 is 5.32 Å². The summed E-state index contributed by atoms with van der Waals surface area (Å²) in [6, 6.07) is 8.08. The molecule has 0 aliphatic rings. The summed E-state index contributed by atoms with van der Waals surface area (Å²) < 4.78 is 0. The highest BCUT2D eigenvalue weighted by Crippen LogP contribution is 2.28. The van der Waals surface area contributed by atoms with Gasteiger partial charge in [0.15, 0.2) is 0 Å². The second kappa shape index (κ2) is 6.85. The van der Waals surface area contributed by atoms with Crippen molar-refractivity contribution in [3.63, 3.8) is 0 Å². The fourth-order valence-corrected chi connectivity index (χ4v) is 2.31. The minimum atomic E-state index is -0.482. The van der Waals surface area contributed by atoms with Gasteiger partial charge in [0.05, 0.1) is 9.82 Å². The Morgan fingerprint density at radius 3 is 2.86 bits per heavy atom. The Hall–Kier alpha value is -2.41. The number of carbonyl (C=O) groups is 1. The molecule has 0 atom stereocenters. The lowest BCUT2D eigenvalue weighted by Gasteiger charge is -2.06. The predicted octanol–water partition coefficient (Wildman–Crippen LogP) is 2.64. The first kappa shape index (κ1) is 15.0. The highest BCUT2D eigenvalue weighted by atomic mass is 32.2. The number of pyridine rings is 1. The largest absolute Gasteiger partial charge is 0.348 e. The number of benzene rings is 1. The molecule has 21 heavy (non-hydrogen) atoms. The molecule has 1 aromatic carbocycles. The number of nitro benzene ring substituents is 1. The van der Waals surface area contributed by atoms with Gasteiger partial charge in [-0.15, -0.1) is 11.8 Å². The smallest absolute Gasteiger partial charge is 0.283 e. The Morgan fingerprint density at radius 1 is 1.43 bits per heavy atom. The summed E-state index contributed by atoms with van der Waals surface area (Å²) in [6.07, 6.45) is 5.06. The lowest BCUT2D eigenvalue weighted by atomic mass is 10.2. The van der Waals surface area contributed by atoms with Gasteiger partial charge in [-0.2, -0.15) is 0 Å². The van der Waals surface area contributed by atoms with Crippen molar-refractivity contribution in [3.05, 3.63) is 64.0 Å². The van der Waals surface area contributed by atoms with E-state index in [0.29, 0.717) is 11.4 Å². The number of thioether (sulfide) groups is 1. The molecule has 0 saturated heterocycles. The van der Waals surface area contributed by atoms with E-state index in [1.165, 1.54) is 17.8 Å². The molecule has 1 aromatic heterocycles. The zero-order valence-corrected chi connectivity index (χ0v) is 12.1. The van der Waals surface area contributed by atoms with Gasteiger partial charge in [-0.05, 0) is 30.0 Å². The van der Waals surface area contributed by atoms with Crippen LogP contribution >= 0.6 is 11.8 Å². The third kappa shape index (κ3) is 3.79. The maximum absolute atomic E-state index is 12.0. The highest BCUT2D eigenvalue weighted by molar-refractivity contribution is 7.98. The first-order valence-electron chi connectivity index (χ1n) is 6.11. The molecule has 0 unspecified atom stereocenters. The Balaban J connectivity index is 2.12. The average molecular weight is 303 g/mol. The number of hydrogen-bond donors (Lipinski definition) is 1. The molecule has 7 heteroatoms. The second-order valence-electron chi connectivity index (χ2n) is 4.19. The summed E-state index contributed by atoms with van der Waals surface area (Å²) >= 11 is 1.27. The van der Waals surface area contributed by atoms with E-state index >= 15 is 0 Å². The highest BCUT2D eigenvalue weighted by Gasteiger charge is 2.16. The van der Waals surface area contributed by atoms with Crippen LogP contribution in [0.3, 0.4) is 0 Å². The number of hydrogen-bond acceptors (Lipinski definition) is 5. The van der Waals surface area contributed by atoms with E-state index in [2.05, 4.69) is 10.3 Å². The monoisotopic (exact) mass is 303 g/mol. The predicted molar refractivity (Wildman–Crippen MR) is 80.3 cm³/mol. The fraction of sp³-hybridized carbons (Fsp3) is 0.143. The molecule has 0 spiro atoms. The van der Waals surface area contributed by atoms with Gasteiger partial charge in [0.25, 0.3) is 11.6 Å². The van der Waals surface area contributed by atoms with Crippen molar-refractivity contribution in [2.75, 3.05) is 6.26 Å². The third-order valence-electron chi connectivity index (χ3n) is 2.81. The average Bonchev–Trinajstić information content (AvgIpc) is 2.52. The van der Waals surface area contributed by atoms with Crippen LogP contribution < -0.4 is 5.32 Å². The van der Waals surface area contributed by atoms with Crippen LogP contribution in [-0.2, 0) is 6.54 Å². The molecule has 1 amide bonds. The first-order chi connectivity index (χ1) is 10.1. The zero-order chi connectivity index (χ0) is 15.2. The summed E-state index contributed by atoms with van der Waals surface area (Å²) in [5.74, 6) is -0.352. The number of carbonyl (C=O) groups excluding carboxylic acids is 1. The van der Waals surface area contributed by atoms with E-state index in [-0.39, 0.29) is 17.2 Å². The molecule has 1 N–H and O–H groups in total. The van der Waals surface area contributed by atoms with Crippen LogP contribution in [0.25, 0.3) is 0 Å². The summed E-state index contributed by atoms with van der Waals surface area (Å²) in [4.78, 5) is 27.0. The molecule has 2 rings (SSSR count). The van der Waals surface area contributed by atoms with Gasteiger partial charge in [-0.1, -0.05) is 6.07 Å². The van der Waals surface area contributed by atoms with Crippen molar-refractivity contribution in [3.8, 4) is 0 Å². The van der Waals surface area contributed by atoms with E-state index in [4.69, 9.17) is 0 Å². The van der Waals surface area contributed by atoms with Crippen molar-refractivity contribution in [2.24, 2.45) is 0 Å². The Kier molecular flexibility index (Phi) is 4.89. The molecule has 0 saturated carbocycles. The molecule has 0 fully saturated rings. The molecule has 2 aromatic rings. The van der Waals surface area contributed by atoms with Crippen LogP contribution in [0.1, 0.15) is 15.9 Å². The van der Waals surface area contributed by atoms with E-state index in [1.54, 1.807) is 36.8 Å². The van der Waals surface area contributed by atoms with E-state index in [0.717, 1.165) is 5.56 Å². The molecule has 108 valence electrons. The number of nitrogens with zero attached hydrogens (tertiary/aromatic N) is 2. The van der Waals surface area contributed by atoms with Gasteiger partial charge in [-0.25, -0.2) is 0 Å². The minimum Gasteiger partial charge on any atom is -0.348 e. The molecular formula is C14H13N3O3S. The lowest BCUT2D eigenvalue weighted by Crippen LogP contribution is -2.22. The standard InChI is InChI=1S/C14H13N3O3S/c1-21-13-5-4-11(7-12(13)17(19)20)14(18)16-9-10-3-2-6-15-8-10/h2-8H,9H2,1H3,(H,16,18). The Morgan fingerprint density at radius 2 is 2.24 bits per heavy atom. The number of nitro groups is 1. The van der Waals surface area contributed by atoms with Crippen molar-refractivity contribution in [1.82, 2.24) is 10.3 Å². The van der Waals surface area contributed by atoms with E-state index in [1.807, 2.05) is 6.07 Å². The summed E-state index contributed by atoms with van der Waals surface area (Å²) in [6.45, 7) is 0.324. The zero-order valence-electron chi connectivity index (χ0n) is 11.3. The summed E-state index contributed by atoms with van der Waals surface area (Å²) in [5.41, 5.74) is 1.07. The molecule has 0 bridgehead atoms. The van der Waals surface area contributed by atoms with Crippen LogP contribution in [0, 0.1) is 10.1 Å². The summed E-state index contributed by atoms with van der Waals surface area (Å²) in [5, 5.41) is 13.7. The van der Waals surface area contributed by atoms with Crippen LogP contribution in [0.5, 0.6) is 0 Å². The van der Waals surface area contributed by atoms with Crippen LogP contribution in [0.2, 0.25) is 0 Å². The number of aromatic nitrogens is 1. The normalized spacial score (nSPS) is 10.1. The number of rotatable bonds is 5. The quantitative estimate of drug-likeness (QED) is 0.521. The lowest BCUT2D eigenvalue weighted by molar-refractivity contribution is -0.387. The van der Waals surface area contributed by atoms with Crippen molar-refractivity contribution >= 4 is 23.4 Å². The Bertz CT molecular complexity index is 662. The van der Waals surface area contributed by atoms with Gasteiger partial charge >= 0.3 is 0 Å². The maximum atomic E-state index is 12.0. The number of nitrogens with one attached hydrogen (secondary N) is 1. The van der Waals surface area contributed by atoms with Gasteiger partial charge in [0, 0.05) is 30.6 Å². The minimum absolute atomic E-state index is 0.0588. The van der Waals surface area contributed by atoms with Crippen molar-refractivity contribution < 1.29 is 9.72 Å². The van der Waals surface area contributed by atoms with Crippen LogP contribution in [-0.4, -0.2) is 22.1 Å². The van der Waals surface area contributed by atoms with Gasteiger partial charge in [0.2, 0.25) is 0 Å². The molecular weight excluding hydrogens is 290 g/mol. The SMILES string of the molecule is CSc1ccc(C(=O)NCc2cccnc2)cc1[N+](=O)[O-]. The molecule has 0 radical (unpaired) electrons. The van der Waals surface area contributed by atoms with E-state index in [9.17, 15) is 14.9 Å². The molecule has 1 heterocycles. The van der Waals surface area contributed by atoms with Crippen LogP contribution in [0.4, 0.5) is 5.69 Å². The molecule has 0 aliphatic heterocycles. The number of amides is 1. The Labute approximate surface area is 125 Å². The topological polar surface area (TPSA) is 85.1 Å². The van der Waals surface area contributed by atoms with E-state index < -0.39 is 4.92 Å². The van der Waals surface area contributed by atoms with Crippen molar-refractivity contribution in [1.29, 1.82) is 0 Å². The molecule has 6 nitrogen and oxygen atoms in total. The second-order valence-corrected chi connectivity index (χ2v) is 5.04. The van der Waals surface area contributed by atoms with Crippen LogP contribution in [0.15, 0.2) is 47.6 Å². The molecule has 0 aliphatic carbocycles. The fourth-order valence-electron chi connectivity index (χ4n) is 1.76. The van der Waals surface area contributed by atoms with Crippen molar-refractivity contribution in [2.45, 2.75) is 11.4 Å². The third-order valence-corrected chi connectivity index (χ3v) is 3.60. The maximum Gasteiger partial charge on any atom is 0.283 e. The van der Waals surface area contributed by atoms with Gasteiger partial charge in [0.1, 0.15) is 0 Å². The summed E-state index contributed by atoms with van der Waals surface area (Å²) in [7, 11) is 0. The first-order valence-corrected chi connectivity index (χ1v) is 7.34.